The summed E-state index contributed by atoms with van der Waals surface area (Å²) in [4.78, 5) is 7.02. The Morgan fingerprint density at radius 3 is 1.96 bits per heavy atom. The minimum atomic E-state index is 1.02. The molecule has 0 aliphatic carbocycles. The van der Waals surface area contributed by atoms with E-state index >= 15 is 0 Å². The molecule has 0 aliphatic rings. The topological polar surface area (TPSA) is 15.6 Å². The van der Waals surface area contributed by atoms with Crippen molar-refractivity contribution in [2.24, 2.45) is 4.99 Å². The van der Waals surface area contributed by atoms with Gasteiger partial charge in [-0.05, 0) is 29.5 Å². The van der Waals surface area contributed by atoms with E-state index in [-0.39, 0.29) is 0 Å². The normalized spacial score (nSPS) is 11.4. The summed E-state index contributed by atoms with van der Waals surface area (Å²) in [6.07, 6.45) is 2.22. The van der Waals surface area contributed by atoms with E-state index in [1.54, 1.807) is 0 Å². The maximum atomic E-state index is 4.63. The quantitative estimate of drug-likeness (QED) is 0.503. The highest BCUT2D eigenvalue weighted by molar-refractivity contribution is 6.04. The zero-order valence-corrected chi connectivity index (χ0v) is 15.1. The molecule has 0 heterocycles. The van der Waals surface area contributed by atoms with Gasteiger partial charge in [0, 0.05) is 25.7 Å². The summed E-state index contributed by atoms with van der Waals surface area (Å²) in [5.41, 5.74) is 4.51. The predicted octanol–water partition coefficient (Wildman–Crippen LogP) is 5.25. The number of rotatable bonds is 7. The molecule has 2 rings (SSSR count). The van der Waals surface area contributed by atoms with Gasteiger partial charge in [0.05, 0.1) is 0 Å². The summed E-state index contributed by atoms with van der Waals surface area (Å²) in [7, 11) is 1.88. The van der Waals surface area contributed by atoms with Crippen LogP contribution in [0.25, 0.3) is 5.57 Å². The van der Waals surface area contributed by atoms with Crippen LogP contribution in [0.3, 0.4) is 0 Å². The first-order valence-electron chi connectivity index (χ1n) is 8.78. The van der Waals surface area contributed by atoms with Gasteiger partial charge in [0.2, 0.25) is 0 Å². The van der Waals surface area contributed by atoms with Gasteiger partial charge in [0.15, 0.2) is 0 Å². The van der Waals surface area contributed by atoms with Crippen molar-refractivity contribution >= 4 is 11.4 Å². The zero-order valence-electron chi connectivity index (χ0n) is 15.1. The van der Waals surface area contributed by atoms with Gasteiger partial charge in [0.1, 0.15) is 5.84 Å². The van der Waals surface area contributed by atoms with Gasteiger partial charge in [-0.25, -0.2) is 0 Å². The van der Waals surface area contributed by atoms with Crippen LogP contribution in [0, 0.1) is 0 Å². The molecular formula is C22H28N2. The highest BCUT2D eigenvalue weighted by atomic mass is 15.2. The Bertz CT molecular complexity index is 680. The van der Waals surface area contributed by atoms with Crippen LogP contribution in [0.2, 0.25) is 0 Å². The first-order chi connectivity index (χ1) is 11.7. The van der Waals surface area contributed by atoms with Gasteiger partial charge >= 0.3 is 0 Å². The second-order valence-corrected chi connectivity index (χ2v) is 5.92. The average molecular weight is 320 g/mol. The molecule has 2 aromatic carbocycles. The minimum absolute atomic E-state index is 1.02. The molecule has 0 N–H and O–H groups in total. The highest BCUT2D eigenvalue weighted by Gasteiger charge is 2.16. The van der Waals surface area contributed by atoms with Crippen molar-refractivity contribution in [3.05, 3.63) is 77.9 Å². The van der Waals surface area contributed by atoms with E-state index in [4.69, 9.17) is 0 Å². The first-order valence-corrected chi connectivity index (χ1v) is 8.78. The smallest absolute Gasteiger partial charge is 0.131 e. The molecule has 2 aromatic rings. The molecule has 0 saturated carbocycles. The number of benzene rings is 2. The lowest BCUT2D eigenvalue weighted by Gasteiger charge is -2.27. The van der Waals surface area contributed by atoms with E-state index in [1.807, 2.05) is 13.1 Å². The van der Waals surface area contributed by atoms with Crippen molar-refractivity contribution in [2.75, 3.05) is 20.1 Å². The van der Waals surface area contributed by atoms with Crippen molar-refractivity contribution in [3.63, 3.8) is 0 Å². The van der Waals surface area contributed by atoms with Crippen LogP contribution in [0.1, 0.15) is 43.4 Å². The third kappa shape index (κ3) is 4.14. The Balaban J connectivity index is 2.45. The van der Waals surface area contributed by atoms with Crippen molar-refractivity contribution in [1.82, 2.24) is 4.90 Å². The highest BCUT2D eigenvalue weighted by Crippen LogP contribution is 2.26. The van der Waals surface area contributed by atoms with Crippen LogP contribution in [-0.4, -0.2) is 30.9 Å². The van der Waals surface area contributed by atoms with Gasteiger partial charge in [-0.15, -0.1) is 0 Å². The maximum absolute atomic E-state index is 4.63. The van der Waals surface area contributed by atoms with E-state index in [0.29, 0.717) is 0 Å². The monoisotopic (exact) mass is 320 g/mol. The predicted molar refractivity (Wildman–Crippen MR) is 106 cm³/mol. The molecule has 0 bridgehead atoms. The molecule has 2 heteroatoms. The first kappa shape index (κ1) is 18.0. The van der Waals surface area contributed by atoms with Crippen molar-refractivity contribution in [3.8, 4) is 0 Å². The number of hydrogen-bond acceptors (Lipinski definition) is 1. The Kier molecular flexibility index (Phi) is 6.80. The number of aliphatic imine (C=N–C) groups is 1. The third-order valence-corrected chi connectivity index (χ3v) is 4.11. The van der Waals surface area contributed by atoms with E-state index in [1.165, 1.54) is 0 Å². The summed E-state index contributed by atoms with van der Waals surface area (Å²) in [6.45, 7) is 10.8. The Morgan fingerprint density at radius 1 is 0.875 bits per heavy atom. The molecular weight excluding hydrogens is 292 g/mol. The van der Waals surface area contributed by atoms with Gasteiger partial charge in [-0.2, -0.15) is 0 Å². The Labute approximate surface area is 146 Å². The fraction of sp³-hybridized carbons (Fsp3) is 0.318. The Morgan fingerprint density at radius 2 is 1.42 bits per heavy atom. The molecule has 0 aromatic heterocycles. The second kappa shape index (κ2) is 9.07. The van der Waals surface area contributed by atoms with Crippen LogP contribution in [-0.2, 0) is 0 Å². The van der Waals surface area contributed by atoms with E-state index < -0.39 is 0 Å². The van der Waals surface area contributed by atoms with E-state index in [2.05, 4.69) is 78.8 Å². The molecule has 0 amide bonds. The van der Waals surface area contributed by atoms with Gasteiger partial charge in [-0.1, -0.05) is 75.0 Å². The van der Waals surface area contributed by atoms with Crippen molar-refractivity contribution < 1.29 is 0 Å². The summed E-state index contributed by atoms with van der Waals surface area (Å²) in [5.74, 6) is 1.06. The fourth-order valence-electron chi connectivity index (χ4n) is 3.03. The van der Waals surface area contributed by atoms with Crippen LogP contribution in [0.15, 0.2) is 66.2 Å². The van der Waals surface area contributed by atoms with Crippen LogP contribution in [0.5, 0.6) is 0 Å². The lowest BCUT2D eigenvalue weighted by molar-refractivity contribution is 0.417. The molecule has 2 nitrogen and oxygen atoms in total. The summed E-state index contributed by atoms with van der Waals surface area (Å²) in [5, 5.41) is 0. The lowest BCUT2D eigenvalue weighted by Crippen LogP contribution is -2.33. The van der Waals surface area contributed by atoms with Crippen molar-refractivity contribution in [1.29, 1.82) is 0 Å². The minimum Gasteiger partial charge on any atom is -0.356 e. The number of nitrogens with zero attached hydrogens (tertiary/aromatic N) is 2. The molecule has 0 unspecified atom stereocenters. The molecule has 0 radical (unpaired) electrons. The van der Waals surface area contributed by atoms with Crippen molar-refractivity contribution in [2.45, 2.75) is 26.7 Å². The summed E-state index contributed by atoms with van der Waals surface area (Å²) < 4.78 is 0. The number of amidine groups is 1. The molecule has 126 valence electrons. The molecule has 0 fully saturated rings. The third-order valence-electron chi connectivity index (χ3n) is 4.11. The Hall–Kier alpha value is -2.35. The van der Waals surface area contributed by atoms with E-state index in [9.17, 15) is 0 Å². The summed E-state index contributed by atoms with van der Waals surface area (Å²) >= 11 is 0. The van der Waals surface area contributed by atoms with Gasteiger partial charge < -0.3 is 4.90 Å². The SMILES string of the molecule is C=C(c1ccccc1)c1ccccc1C(=NC)N(CCC)CCC. The molecule has 0 aliphatic heterocycles. The molecule has 0 spiro atoms. The average Bonchev–Trinajstić information content (AvgIpc) is 2.63. The number of hydrogen-bond donors (Lipinski definition) is 0. The van der Waals surface area contributed by atoms with E-state index in [0.717, 1.165) is 54.0 Å². The molecule has 0 saturated heterocycles. The van der Waals surface area contributed by atoms with Gasteiger partial charge in [0.25, 0.3) is 0 Å². The standard InChI is InChI=1S/C22H28N2/c1-5-16-24(17-6-2)22(23-4)21-15-11-10-14-20(21)18(3)19-12-8-7-9-13-19/h7-15H,3,5-6,16-17H2,1-2,4H3. The van der Waals surface area contributed by atoms with Crippen LogP contribution < -0.4 is 0 Å². The van der Waals surface area contributed by atoms with Gasteiger partial charge in [-0.3, -0.25) is 4.99 Å². The zero-order chi connectivity index (χ0) is 17.4. The van der Waals surface area contributed by atoms with Crippen LogP contribution in [0.4, 0.5) is 0 Å². The maximum Gasteiger partial charge on any atom is 0.131 e. The summed E-state index contributed by atoms with van der Waals surface area (Å²) in [6, 6.07) is 18.8. The fourth-order valence-corrected chi connectivity index (χ4v) is 3.03. The van der Waals surface area contributed by atoms with Crippen LogP contribution >= 0.6 is 0 Å². The largest absolute Gasteiger partial charge is 0.356 e. The second-order valence-electron chi connectivity index (χ2n) is 5.92. The lowest BCUT2D eigenvalue weighted by atomic mass is 9.94. The molecule has 0 atom stereocenters. The molecule has 24 heavy (non-hydrogen) atoms.